The van der Waals surface area contributed by atoms with E-state index in [9.17, 15) is 4.79 Å². The molecule has 4 fully saturated rings. The molecule has 0 aromatic carbocycles. The van der Waals surface area contributed by atoms with Crippen LogP contribution in [0.5, 0.6) is 0 Å². The van der Waals surface area contributed by atoms with Crippen molar-refractivity contribution in [3.8, 4) is 0 Å². The van der Waals surface area contributed by atoms with Crippen molar-refractivity contribution in [1.29, 1.82) is 0 Å². The fourth-order valence-corrected chi connectivity index (χ4v) is 9.77. The van der Waals surface area contributed by atoms with Crippen molar-refractivity contribution in [2.75, 3.05) is 0 Å². The van der Waals surface area contributed by atoms with Crippen LogP contribution in [0.1, 0.15) is 112 Å². The van der Waals surface area contributed by atoms with Gasteiger partial charge in [0.05, 0.1) is 0 Å². The van der Waals surface area contributed by atoms with Crippen LogP contribution in [0.25, 0.3) is 0 Å². The van der Waals surface area contributed by atoms with E-state index in [2.05, 4.69) is 41.5 Å². The van der Waals surface area contributed by atoms with Crippen molar-refractivity contribution in [2.24, 2.45) is 57.7 Å². The van der Waals surface area contributed by atoms with Crippen LogP contribution in [0.4, 0.5) is 0 Å². The Morgan fingerprint density at radius 3 is 2.31 bits per heavy atom. The van der Waals surface area contributed by atoms with Crippen molar-refractivity contribution in [2.45, 2.75) is 112 Å². The van der Waals surface area contributed by atoms with Crippen LogP contribution in [0.2, 0.25) is 0 Å². The predicted molar refractivity (Wildman–Crippen MR) is 123 cm³/mol. The van der Waals surface area contributed by atoms with Gasteiger partial charge in [-0.3, -0.25) is 0 Å². The molecule has 4 saturated carbocycles. The summed E-state index contributed by atoms with van der Waals surface area (Å²) >= 11 is 0. The third kappa shape index (κ3) is 3.55. The number of rotatable bonds is 6. The Bertz CT molecular complexity index is 609. The predicted octanol–water partition coefficient (Wildman–Crippen LogP) is 7.92. The SMILES string of the molecule is CC(C)CCC[C@@H](C)[C@H]1CC[C@H]2[C@@H]3CC[C@H]4C[C@@](C)(C=O)C[C@]4(C)[C@H]3CC[C@]12C. The van der Waals surface area contributed by atoms with Gasteiger partial charge in [0.25, 0.3) is 0 Å². The molecule has 0 amide bonds. The summed E-state index contributed by atoms with van der Waals surface area (Å²) in [5.74, 6) is 6.29. The van der Waals surface area contributed by atoms with Gasteiger partial charge in [-0.2, -0.15) is 0 Å². The third-order valence-electron chi connectivity index (χ3n) is 11.0. The van der Waals surface area contributed by atoms with E-state index in [-0.39, 0.29) is 5.41 Å². The van der Waals surface area contributed by atoms with Gasteiger partial charge in [0.15, 0.2) is 0 Å². The van der Waals surface area contributed by atoms with Gasteiger partial charge in [0.2, 0.25) is 0 Å². The summed E-state index contributed by atoms with van der Waals surface area (Å²) < 4.78 is 0. The number of carbonyl (C=O) groups excluding carboxylic acids is 1. The maximum atomic E-state index is 11.9. The van der Waals surface area contributed by atoms with E-state index in [1.807, 2.05) is 0 Å². The summed E-state index contributed by atoms with van der Waals surface area (Å²) in [7, 11) is 0. The summed E-state index contributed by atoms with van der Waals surface area (Å²) in [6.07, 6.45) is 16.6. The molecule has 9 atom stereocenters. The van der Waals surface area contributed by atoms with E-state index in [1.54, 1.807) is 0 Å². The van der Waals surface area contributed by atoms with E-state index in [0.717, 1.165) is 54.3 Å². The zero-order valence-corrected chi connectivity index (χ0v) is 20.3. The quantitative estimate of drug-likeness (QED) is 0.414. The fourth-order valence-electron chi connectivity index (χ4n) is 9.77. The third-order valence-corrected chi connectivity index (χ3v) is 11.0. The van der Waals surface area contributed by atoms with Crippen LogP contribution >= 0.6 is 0 Å². The molecule has 0 aliphatic heterocycles. The summed E-state index contributed by atoms with van der Waals surface area (Å²) in [5.41, 5.74) is 0.979. The number of aldehydes is 1. The van der Waals surface area contributed by atoms with Gasteiger partial charge in [-0.25, -0.2) is 0 Å². The molecule has 4 rings (SSSR count). The second kappa shape index (κ2) is 7.67. The molecule has 0 saturated heterocycles. The first-order valence-corrected chi connectivity index (χ1v) is 13.1. The van der Waals surface area contributed by atoms with Crippen molar-refractivity contribution in [1.82, 2.24) is 0 Å². The van der Waals surface area contributed by atoms with Gasteiger partial charge in [0.1, 0.15) is 6.29 Å². The highest BCUT2D eigenvalue weighted by Gasteiger charge is 2.63. The first-order chi connectivity index (χ1) is 13.6. The Kier molecular flexibility index (Phi) is 5.79. The van der Waals surface area contributed by atoms with E-state index in [1.165, 1.54) is 64.1 Å². The first-order valence-electron chi connectivity index (χ1n) is 13.1. The molecule has 29 heavy (non-hydrogen) atoms. The summed E-state index contributed by atoms with van der Waals surface area (Å²) in [4.78, 5) is 11.9. The van der Waals surface area contributed by atoms with E-state index >= 15 is 0 Å². The maximum absolute atomic E-state index is 11.9. The molecule has 0 unspecified atom stereocenters. The smallest absolute Gasteiger partial charge is 0.125 e. The van der Waals surface area contributed by atoms with E-state index in [0.29, 0.717) is 10.8 Å². The highest BCUT2D eigenvalue weighted by molar-refractivity contribution is 5.59. The van der Waals surface area contributed by atoms with Crippen LogP contribution in [0.15, 0.2) is 0 Å². The van der Waals surface area contributed by atoms with Crippen LogP contribution in [0, 0.1) is 57.7 Å². The second-order valence-electron chi connectivity index (χ2n) is 13.3. The minimum Gasteiger partial charge on any atom is -0.303 e. The standard InChI is InChI=1S/C28H48O/c1-19(2)8-7-9-20(3)23-12-13-24-22-11-10-21-16-26(4,18-29)17-28(21,6)25(22)14-15-27(23,24)5/h18-25H,7-17H2,1-6H3/t20-,21+,22+,23-,24+,25+,26-,27-,28+/m1/s1. The van der Waals surface area contributed by atoms with Crippen LogP contribution < -0.4 is 0 Å². The maximum Gasteiger partial charge on any atom is 0.125 e. The second-order valence-corrected chi connectivity index (χ2v) is 13.3. The van der Waals surface area contributed by atoms with Crippen LogP contribution in [-0.4, -0.2) is 6.29 Å². The molecule has 0 N–H and O–H groups in total. The zero-order valence-electron chi connectivity index (χ0n) is 20.3. The summed E-state index contributed by atoms with van der Waals surface area (Å²) in [5, 5.41) is 0. The lowest BCUT2D eigenvalue weighted by Gasteiger charge is -2.58. The van der Waals surface area contributed by atoms with Gasteiger partial charge in [-0.05, 0) is 104 Å². The fraction of sp³-hybridized carbons (Fsp3) is 0.964. The molecule has 1 heteroatoms. The van der Waals surface area contributed by atoms with Crippen LogP contribution in [0.3, 0.4) is 0 Å². The van der Waals surface area contributed by atoms with Gasteiger partial charge in [-0.15, -0.1) is 0 Å². The normalized spacial score (nSPS) is 50.1. The Hall–Kier alpha value is -0.330. The number of hydrogen-bond donors (Lipinski definition) is 0. The first kappa shape index (κ1) is 21.9. The van der Waals surface area contributed by atoms with Crippen LogP contribution in [-0.2, 0) is 4.79 Å². The van der Waals surface area contributed by atoms with Gasteiger partial charge < -0.3 is 4.79 Å². The minimum absolute atomic E-state index is 0.0435. The Morgan fingerprint density at radius 1 is 0.897 bits per heavy atom. The Labute approximate surface area is 181 Å². The van der Waals surface area contributed by atoms with Crippen molar-refractivity contribution in [3.05, 3.63) is 0 Å². The van der Waals surface area contributed by atoms with E-state index < -0.39 is 0 Å². The van der Waals surface area contributed by atoms with Gasteiger partial charge in [-0.1, -0.05) is 60.8 Å². The largest absolute Gasteiger partial charge is 0.303 e. The average Bonchev–Trinajstić information content (AvgIpc) is 3.14. The monoisotopic (exact) mass is 400 g/mol. The number of carbonyl (C=O) groups is 1. The van der Waals surface area contributed by atoms with E-state index in [4.69, 9.17) is 0 Å². The van der Waals surface area contributed by atoms with Crippen molar-refractivity contribution >= 4 is 6.29 Å². The molecular formula is C28H48O. The molecule has 4 aliphatic carbocycles. The molecule has 0 radical (unpaired) electrons. The lowest BCUT2D eigenvalue weighted by atomic mass is 9.47. The summed E-state index contributed by atoms with van der Waals surface area (Å²) in [6, 6.07) is 0. The van der Waals surface area contributed by atoms with Gasteiger partial charge >= 0.3 is 0 Å². The molecule has 0 bridgehead atoms. The number of hydrogen-bond acceptors (Lipinski definition) is 1. The topological polar surface area (TPSA) is 17.1 Å². The van der Waals surface area contributed by atoms with Crippen molar-refractivity contribution in [3.63, 3.8) is 0 Å². The summed E-state index contributed by atoms with van der Waals surface area (Å²) in [6.45, 7) is 14.9. The zero-order chi connectivity index (χ0) is 21.0. The average molecular weight is 401 g/mol. The molecule has 0 heterocycles. The lowest BCUT2D eigenvalue weighted by molar-refractivity contribution is -0.116. The molecule has 0 aromatic rings. The molecule has 0 aromatic heterocycles. The van der Waals surface area contributed by atoms with Crippen molar-refractivity contribution < 1.29 is 4.79 Å². The minimum atomic E-state index is -0.0435. The molecule has 166 valence electrons. The Morgan fingerprint density at radius 2 is 1.62 bits per heavy atom. The molecule has 1 nitrogen and oxygen atoms in total. The number of fused-ring (bicyclic) bond motifs is 5. The molecule has 4 aliphatic rings. The highest BCUT2D eigenvalue weighted by atomic mass is 16.1. The van der Waals surface area contributed by atoms with Gasteiger partial charge in [0, 0.05) is 5.41 Å². The lowest BCUT2D eigenvalue weighted by Crippen LogP contribution is -2.51. The highest BCUT2D eigenvalue weighted by Crippen LogP contribution is 2.70. The molecule has 0 spiro atoms. The molecular weight excluding hydrogens is 352 g/mol. The Balaban J connectivity index is 1.49.